The van der Waals surface area contributed by atoms with Crippen LogP contribution >= 0.6 is 0 Å². The summed E-state index contributed by atoms with van der Waals surface area (Å²) in [6.07, 6.45) is 1.77. The van der Waals surface area contributed by atoms with Gasteiger partial charge in [-0.1, -0.05) is 48.5 Å². The Bertz CT molecular complexity index is 692. The molecule has 2 aromatic carbocycles. The Kier molecular flexibility index (Phi) is 2.99. The van der Waals surface area contributed by atoms with E-state index < -0.39 is 0 Å². The van der Waals surface area contributed by atoms with Crippen molar-refractivity contribution < 1.29 is 5.11 Å². The number of aromatic hydroxyl groups is 1. The van der Waals surface area contributed by atoms with Crippen LogP contribution in [0, 0.1) is 0 Å². The van der Waals surface area contributed by atoms with E-state index >= 15 is 0 Å². The van der Waals surface area contributed by atoms with Gasteiger partial charge >= 0.3 is 0 Å². The molecule has 2 nitrogen and oxygen atoms in total. The molecule has 0 aliphatic heterocycles. The van der Waals surface area contributed by atoms with Crippen molar-refractivity contribution in [1.29, 1.82) is 0 Å². The van der Waals surface area contributed by atoms with Gasteiger partial charge in [0.25, 0.3) is 0 Å². The SMILES string of the molecule is Oc1ccccc1-c1ccnc(-c2ccccc2)c1. The van der Waals surface area contributed by atoms with Gasteiger partial charge in [0.05, 0.1) is 5.69 Å². The number of hydrogen-bond acceptors (Lipinski definition) is 2. The third-order valence-corrected chi connectivity index (χ3v) is 3.04. The smallest absolute Gasteiger partial charge is 0.123 e. The fourth-order valence-corrected chi connectivity index (χ4v) is 2.08. The average molecular weight is 247 g/mol. The lowest BCUT2D eigenvalue weighted by Gasteiger charge is -2.06. The summed E-state index contributed by atoms with van der Waals surface area (Å²) >= 11 is 0. The van der Waals surface area contributed by atoms with Crippen LogP contribution in [0.5, 0.6) is 5.75 Å². The minimum atomic E-state index is 0.285. The number of para-hydroxylation sites is 1. The molecular formula is C17H13NO. The third kappa shape index (κ3) is 2.33. The number of phenolic OH excluding ortho intramolecular Hbond substituents is 1. The molecule has 0 saturated carbocycles. The largest absolute Gasteiger partial charge is 0.507 e. The van der Waals surface area contributed by atoms with Crippen LogP contribution in [-0.2, 0) is 0 Å². The molecule has 92 valence electrons. The van der Waals surface area contributed by atoms with Crippen LogP contribution in [-0.4, -0.2) is 10.1 Å². The third-order valence-electron chi connectivity index (χ3n) is 3.04. The summed E-state index contributed by atoms with van der Waals surface area (Å²) in [6, 6.07) is 21.2. The average Bonchev–Trinajstić information content (AvgIpc) is 2.49. The summed E-state index contributed by atoms with van der Waals surface area (Å²) < 4.78 is 0. The van der Waals surface area contributed by atoms with Crippen LogP contribution in [0.3, 0.4) is 0 Å². The number of aromatic nitrogens is 1. The van der Waals surface area contributed by atoms with E-state index in [1.807, 2.05) is 60.7 Å². The molecule has 3 rings (SSSR count). The van der Waals surface area contributed by atoms with Gasteiger partial charge in [0.1, 0.15) is 5.75 Å². The van der Waals surface area contributed by atoms with Crippen molar-refractivity contribution in [3.05, 3.63) is 72.9 Å². The van der Waals surface area contributed by atoms with E-state index in [0.717, 1.165) is 22.4 Å². The zero-order valence-corrected chi connectivity index (χ0v) is 10.3. The van der Waals surface area contributed by atoms with Gasteiger partial charge in [-0.05, 0) is 23.8 Å². The highest BCUT2D eigenvalue weighted by Crippen LogP contribution is 2.30. The first-order valence-corrected chi connectivity index (χ1v) is 6.14. The summed E-state index contributed by atoms with van der Waals surface area (Å²) in [7, 11) is 0. The van der Waals surface area contributed by atoms with Gasteiger partial charge in [-0.25, -0.2) is 0 Å². The van der Waals surface area contributed by atoms with Crippen molar-refractivity contribution in [1.82, 2.24) is 4.98 Å². The van der Waals surface area contributed by atoms with Crippen molar-refractivity contribution in [3.63, 3.8) is 0 Å². The number of benzene rings is 2. The molecule has 1 N–H and O–H groups in total. The van der Waals surface area contributed by atoms with Crippen molar-refractivity contribution in [2.45, 2.75) is 0 Å². The van der Waals surface area contributed by atoms with E-state index in [0.29, 0.717) is 0 Å². The molecule has 0 bridgehead atoms. The molecule has 0 aliphatic carbocycles. The normalized spacial score (nSPS) is 10.3. The van der Waals surface area contributed by atoms with Crippen LogP contribution < -0.4 is 0 Å². The minimum Gasteiger partial charge on any atom is -0.507 e. The first-order valence-electron chi connectivity index (χ1n) is 6.14. The fraction of sp³-hybridized carbons (Fsp3) is 0. The second kappa shape index (κ2) is 4.94. The van der Waals surface area contributed by atoms with E-state index in [-0.39, 0.29) is 5.75 Å². The lowest BCUT2D eigenvalue weighted by atomic mass is 10.0. The van der Waals surface area contributed by atoms with Crippen LogP contribution in [0.25, 0.3) is 22.4 Å². The van der Waals surface area contributed by atoms with E-state index in [1.54, 1.807) is 12.3 Å². The Morgan fingerprint density at radius 2 is 1.47 bits per heavy atom. The number of pyridine rings is 1. The summed E-state index contributed by atoms with van der Waals surface area (Å²) in [5.74, 6) is 0.285. The first kappa shape index (κ1) is 11.5. The number of rotatable bonds is 2. The van der Waals surface area contributed by atoms with E-state index in [4.69, 9.17) is 0 Å². The van der Waals surface area contributed by atoms with Gasteiger partial charge in [-0.2, -0.15) is 0 Å². The maximum absolute atomic E-state index is 9.90. The summed E-state index contributed by atoms with van der Waals surface area (Å²) in [5.41, 5.74) is 3.76. The predicted octanol–water partition coefficient (Wildman–Crippen LogP) is 4.12. The van der Waals surface area contributed by atoms with Gasteiger partial charge in [0.2, 0.25) is 0 Å². The van der Waals surface area contributed by atoms with Crippen LogP contribution in [0.1, 0.15) is 0 Å². The van der Waals surface area contributed by atoms with Gasteiger partial charge in [-0.15, -0.1) is 0 Å². The molecular weight excluding hydrogens is 234 g/mol. The second-order valence-electron chi connectivity index (χ2n) is 4.31. The molecule has 19 heavy (non-hydrogen) atoms. The van der Waals surface area contributed by atoms with Crippen LogP contribution in [0.15, 0.2) is 72.9 Å². The topological polar surface area (TPSA) is 33.1 Å². The molecule has 1 aromatic heterocycles. The summed E-state index contributed by atoms with van der Waals surface area (Å²) in [6.45, 7) is 0. The molecule has 0 fully saturated rings. The summed E-state index contributed by atoms with van der Waals surface area (Å²) in [4.78, 5) is 4.38. The molecule has 0 saturated heterocycles. The first-order chi connectivity index (χ1) is 9.34. The maximum Gasteiger partial charge on any atom is 0.123 e. The van der Waals surface area contributed by atoms with E-state index in [9.17, 15) is 5.11 Å². The van der Waals surface area contributed by atoms with Gasteiger partial charge in [0, 0.05) is 17.3 Å². The lowest BCUT2D eigenvalue weighted by Crippen LogP contribution is -1.85. The van der Waals surface area contributed by atoms with Gasteiger partial charge in [-0.3, -0.25) is 4.98 Å². The number of phenols is 1. The fourth-order valence-electron chi connectivity index (χ4n) is 2.08. The van der Waals surface area contributed by atoms with E-state index in [2.05, 4.69) is 4.98 Å². The molecule has 0 radical (unpaired) electrons. The lowest BCUT2D eigenvalue weighted by molar-refractivity contribution is 0.477. The molecule has 0 atom stereocenters. The van der Waals surface area contributed by atoms with Crippen molar-refractivity contribution >= 4 is 0 Å². The standard InChI is InChI=1S/C17H13NO/c19-17-9-5-4-8-15(17)14-10-11-18-16(12-14)13-6-2-1-3-7-13/h1-12,19H. The maximum atomic E-state index is 9.90. The predicted molar refractivity (Wildman–Crippen MR) is 76.8 cm³/mol. The molecule has 0 spiro atoms. The second-order valence-corrected chi connectivity index (χ2v) is 4.31. The van der Waals surface area contributed by atoms with E-state index in [1.165, 1.54) is 0 Å². The number of hydrogen-bond donors (Lipinski definition) is 1. The molecule has 0 aliphatic rings. The Morgan fingerprint density at radius 1 is 0.737 bits per heavy atom. The molecule has 0 amide bonds. The quantitative estimate of drug-likeness (QED) is 0.738. The van der Waals surface area contributed by atoms with Crippen LogP contribution in [0.4, 0.5) is 0 Å². The zero-order valence-electron chi connectivity index (χ0n) is 10.3. The van der Waals surface area contributed by atoms with Gasteiger partial charge in [0.15, 0.2) is 0 Å². The van der Waals surface area contributed by atoms with Crippen molar-refractivity contribution in [2.75, 3.05) is 0 Å². The molecule has 0 unspecified atom stereocenters. The molecule has 1 heterocycles. The van der Waals surface area contributed by atoms with Gasteiger partial charge < -0.3 is 5.11 Å². The highest BCUT2D eigenvalue weighted by atomic mass is 16.3. The molecule has 3 aromatic rings. The minimum absolute atomic E-state index is 0.285. The Morgan fingerprint density at radius 3 is 2.26 bits per heavy atom. The number of nitrogens with zero attached hydrogens (tertiary/aromatic N) is 1. The Labute approximate surface area is 112 Å². The van der Waals surface area contributed by atoms with Crippen molar-refractivity contribution in [2.24, 2.45) is 0 Å². The van der Waals surface area contributed by atoms with Crippen LogP contribution in [0.2, 0.25) is 0 Å². The Hall–Kier alpha value is -2.61. The Balaban J connectivity index is 2.09. The van der Waals surface area contributed by atoms with Crippen molar-refractivity contribution in [3.8, 4) is 28.1 Å². The zero-order chi connectivity index (χ0) is 13.1. The summed E-state index contributed by atoms with van der Waals surface area (Å²) in [5, 5.41) is 9.90. The highest BCUT2D eigenvalue weighted by molar-refractivity contribution is 5.74. The highest BCUT2D eigenvalue weighted by Gasteiger charge is 2.05. The molecule has 2 heteroatoms. The monoisotopic (exact) mass is 247 g/mol.